The molecule has 9 nitrogen and oxygen atoms in total. The topological polar surface area (TPSA) is 112 Å². The maximum absolute atomic E-state index is 13.2. The minimum Gasteiger partial charge on any atom is -0.390 e. The molecule has 3 aliphatic heterocycles. The number of morpholine rings is 1. The first-order valence-corrected chi connectivity index (χ1v) is 20.0. The lowest BCUT2D eigenvalue weighted by molar-refractivity contribution is -0.248. The highest BCUT2D eigenvalue weighted by Gasteiger charge is 2.84. The van der Waals surface area contributed by atoms with Gasteiger partial charge in [0.1, 0.15) is 6.10 Å². The number of rotatable bonds is 6. The van der Waals surface area contributed by atoms with Gasteiger partial charge in [-0.15, -0.1) is 0 Å². The van der Waals surface area contributed by atoms with Crippen molar-refractivity contribution in [1.29, 1.82) is 0 Å². The Morgan fingerprint density at radius 3 is 2.41 bits per heavy atom. The molecule has 8 fully saturated rings. The van der Waals surface area contributed by atoms with Crippen molar-refractivity contribution >= 4 is 5.91 Å². The monoisotopic (exact) mass is 686 g/mol. The van der Waals surface area contributed by atoms with Crippen LogP contribution in [0, 0.1) is 50.7 Å². The molecule has 49 heavy (non-hydrogen) atoms. The van der Waals surface area contributed by atoms with Crippen molar-refractivity contribution in [2.75, 3.05) is 39.3 Å². The molecule has 278 valence electrons. The van der Waals surface area contributed by atoms with E-state index in [0.29, 0.717) is 50.4 Å². The smallest absolute Gasteiger partial charge is 0.237 e. The fraction of sp³-hybridized carbons (Fsp3) is 0.975. The van der Waals surface area contributed by atoms with Gasteiger partial charge in [0.15, 0.2) is 6.29 Å². The molecule has 4 unspecified atom stereocenters. The summed E-state index contributed by atoms with van der Waals surface area (Å²) in [6.07, 6.45) is 8.46. The van der Waals surface area contributed by atoms with Gasteiger partial charge >= 0.3 is 0 Å². The summed E-state index contributed by atoms with van der Waals surface area (Å²) in [6, 6.07) is 0. The van der Waals surface area contributed by atoms with Crippen molar-refractivity contribution in [2.45, 2.75) is 155 Å². The van der Waals surface area contributed by atoms with E-state index in [2.05, 4.69) is 39.5 Å². The normalized spacial score (nSPS) is 51.2. The summed E-state index contributed by atoms with van der Waals surface area (Å²) in [5.41, 5.74) is -1.05. The highest BCUT2D eigenvalue weighted by atomic mass is 16.7. The number of amides is 1. The number of hydrogen-bond acceptors (Lipinski definition) is 8. The summed E-state index contributed by atoms with van der Waals surface area (Å²) in [5.74, 6) is 1.73. The van der Waals surface area contributed by atoms with Crippen LogP contribution in [0.25, 0.3) is 0 Å². The molecule has 3 saturated heterocycles. The number of aliphatic hydroxyl groups is 3. The van der Waals surface area contributed by atoms with Gasteiger partial charge in [0, 0.05) is 12.0 Å². The predicted octanol–water partition coefficient (Wildman–Crippen LogP) is 4.60. The predicted molar refractivity (Wildman–Crippen MR) is 185 cm³/mol. The Morgan fingerprint density at radius 1 is 1.00 bits per heavy atom. The highest BCUT2D eigenvalue weighted by Crippen LogP contribution is 2.89. The summed E-state index contributed by atoms with van der Waals surface area (Å²) in [5, 5.41) is 34.2. The van der Waals surface area contributed by atoms with Gasteiger partial charge in [-0.2, -0.15) is 0 Å². The summed E-state index contributed by atoms with van der Waals surface area (Å²) in [6.45, 7) is 19.6. The third kappa shape index (κ3) is 4.90. The standard InChI is InChI=1S/C40H66N2O7/c1-24-20-25(33(44)36(4,5)46)48-32-31(24)37(6)14-15-40-23-39(40)13-12-28(35(2,3)26(39)10-11-27(40)38(37,7)34(32)45)49-30-22-42(18-19-47-30)29(43)21-41-16-8-9-17-41/h24-28,30-34,44-46H,8-23H2,1-7H3/t24-,25?,26+,27?,28?,30+,31+,32?,33+,34+,37-,38-,39-,40+/m1/s1. The summed E-state index contributed by atoms with van der Waals surface area (Å²) in [7, 11) is 0. The lowest BCUT2D eigenvalue weighted by Gasteiger charge is -2.64. The number of fused-ring (bicyclic) bond motifs is 4. The van der Waals surface area contributed by atoms with E-state index >= 15 is 0 Å². The minimum atomic E-state index is -1.26. The van der Waals surface area contributed by atoms with Gasteiger partial charge in [0.25, 0.3) is 0 Å². The van der Waals surface area contributed by atoms with E-state index in [0.717, 1.165) is 45.2 Å². The second kappa shape index (κ2) is 11.6. The maximum Gasteiger partial charge on any atom is 0.237 e. The highest BCUT2D eigenvalue weighted by molar-refractivity contribution is 5.78. The van der Waals surface area contributed by atoms with E-state index in [1.165, 1.54) is 25.7 Å². The zero-order valence-electron chi connectivity index (χ0n) is 31.5. The summed E-state index contributed by atoms with van der Waals surface area (Å²) in [4.78, 5) is 17.4. The van der Waals surface area contributed by atoms with E-state index in [9.17, 15) is 20.1 Å². The number of carbonyl (C=O) groups excluding carboxylic acids is 1. The Labute approximate surface area is 294 Å². The van der Waals surface area contributed by atoms with Crippen LogP contribution in [0.4, 0.5) is 0 Å². The van der Waals surface area contributed by atoms with Gasteiger partial charge in [-0.25, -0.2) is 0 Å². The lowest BCUT2D eigenvalue weighted by atomic mass is 9.41. The Balaban J connectivity index is 0.985. The van der Waals surface area contributed by atoms with E-state index in [1.807, 2.05) is 4.90 Å². The van der Waals surface area contributed by atoms with Crippen molar-refractivity contribution in [2.24, 2.45) is 50.7 Å². The number of nitrogens with zero attached hydrogens (tertiary/aromatic N) is 2. The van der Waals surface area contributed by atoms with Gasteiger partial charge < -0.3 is 34.4 Å². The van der Waals surface area contributed by atoms with E-state index in [4.69, 9.17) is 14.2 Å². The van der Waals surface area contributed by atoms with Crippen LogP contribution in [0.2, 0.25) is 0 Å². The molecule has 8 rings (SSSR count). The number of ether oxygens (including phenoxy) is 3. The quantitative estimate of drug-likeness (QED) is 0.372. The van der Waals surface area contributed by atoms with Crippen LogP contribution in [0.5, 0.6) is 0 Å². The molecule has 5 saturated carbocycles. The van der Waals surface area contributed by atoms with Crippen molar-refractivity contribution in [1.82, 2.24) is 9.80 Å². The van der Waals surface area contributed by atoms with Crippen LogP contribution in [0.3, 0.4) is 0 Å². The maximum atomic E-state index is 13.2. The largest absolute Gasteiger partial charge is 0.390 e. The van der Waals surface area contributed by atoms with Crippen LogP contribution in [0.15, 0.2) is 0 Å². The van der Waals surface area contributed by atoms with E-state index < -0.39 is 23.9 Å². The molecule has 14 atom stereocenters. The molecule has 5 aliphatic carbocycles. The zero-order chi connectivity index (χ0) is 34.9. The van der Waals surface area contributed by atoms with E-state index in [-0.39, 0.29) is 57.4 Å². The fourth-order valence-corrected chi connectivity index (χ4v) is 14.6. The molecule has 0 aromatic carbocycles. The van der Waals surface area contributed by atoms with Crippen LogP contribution in [0.1, 0.15) is 113 Å². The first-order chi connectivity index (χ1) is 23.0. The molecule has 0 aromatic heterocycles. The number of likely N-dealkylation sites (tertiary alicyclic amines) is 1. The first kappa shape index (κ1) is 35.2. The number of carbonyl (C=O) groups is 1. The Bertz CT molecular complexity index is 1300. The molecule has 1 amide bonds. The average molecular weight is 687 g/mol. The molecule has 9 heteroatoms. The summed E-state index contributed by atoms with van der Waals surface area (Å²) < 4.78 is 19.7. The first-order valence-electron chi connectivity index (χ1n) is 20.0. The lowest BCUT2D eigenvalue weighted by Crippen LogP contribution is -2.60. The van der Waals surface area contributed by atoms with Gasteiger partial charge in [-0.1, -0.05) is 34.6 Å². The molecule has 3 heterocycles. The number of aliphatic hydroxyl groups excluding tert-OH is 2. The number of hydrogen-bond donors (Lipinski definition) is 3. The molecule has 8 aliphatic rings. The van der Waals surface area contributed by atoms with Crippen molar-refractivity contribution in [3.8, 4) is 0 Å². The summed E-state index contributed by atoms with van der Waals surface area (Å²) >= 11 is 0. The third-order valence-electron chi connectivity index (χ3n) is 17.1. The van der Waals surface area contributed by atoms with E-state index in [1.54, 1.807) is 13.8 Å². The molecule has 0 bridgehead atoms. The van der Waals surface area contributed by atoms with Gasteiger partial charge in [-0.05, 0) is 136 Å². The van der Waals surface area contributed by atoms with Gasteiger partial charge in [-0.3, -0.25) is 9.69 Å². The van der Waals surface area contributed by atoms with Crippen LogP contribution >= 0.6 is 0 Å². The third-order valence-corrected chi connectivity index (χ3v) is 17.1. The second-order valence-electron chi connectivity index (χ2n) is 19.9. The zero-order valence-corrected chi connectivity index (χ0v) is 31.5. The van der Waals surface area contributed by atoms with Crippen LogP contribution in [-0.2, 0) is 19.0 Å². The van der Waals surface area contributed by atoms with Crippen molar-refractivity contribution in [3.05, 3.63) is 0 Å². The molecule has 2 spiro atoms. The minimum absolute atomic E-state index is 0.0140. The molecule has 0 radical (unpaired) electrons. The second-order valence-corrected chi connectivity index (χ2v) is 19.9. The van der Waals surface area contributed by atoms with Crippen molar-refractivity contribution in [3.63, 3.8) is 0 Å². The Kier molecular flexibility index (Phi) is 8.34. The molecular formula is C40H66N2O7. The van der Waals surface area contributed by atoms with Crippen molar-refractivity contribution < 1.29 is 34.3 Å². The van der Waals surface area contributed by atoms with Gasteiger partial charge in [0.05, 0.1) is 49.7 Å². The average Bonchev–Trinajstić information content (AvgIpc) is 3.33. The molecule has 0 aromatic rings. The molecule has 3 N–H and O–H groups in total. The fourth-order valence-electron chi connectivity index (χ4n) is 14.6. The van der Waals surface area contributed by atoms with Crippen LogP contribution in [-0.4, -0.2) is 113 Å². The SMILES string of the molecule is C[C@@H]1CC([C@H](O)C(C)(C)O)OC2[C@H]1[C@@]1(C)CC[C@@]34C[C@@]35CCC(O[C@H]3CN(C(=O)CN6CCCC6)CCO3)C(C)(C)[C@@H]5CCC4[C@]1(C)[C@H]2O. The Hall–Kier alpha value is -0.810. The Morgan fingerprint density at radius 2 is 1.69 bits per heavy atom. The molecular weight excluding hydrogens is 620 g/mol. The van der Waals surface area contributed by atoms with Gasteiger partial charge in [0.2, 0.25) is 5.91 Å². The van der Waals surface area contributed by atoms with Crippen LogP contribution < -0.4 is 0 Å².